The zero-order chi connectivity index (χ0) is 21.8. The first kappa shape index (κ1) is 22.2. The van der Waals surface area contributed by atoms with Crippen molar-refractivity contribution in [3.05, 3.63) is 46.1 Å². The van der Waals surface area contributed by atoms with Crippen molar-refractivity contribution in [1.82, 2.24) is 15.3 Å². The molecule has 2 aromatic heterocycles. The van der Waals surface area contributed by atoms with Gasteiger partial charge in [-0.05, 0) is 44.4 Å². The second-order valence-electron chi connectivity index (χ2n) is 7.53. The predicted molar refractivity (Wildman–Crippen MR) is 125 cm³/mol. The number of thiophene rings is 1. The van der Waals surface area contributed by atoms with E-state index < -0.39 is 0 Å². The van der Waals surface area contributed by atoms with Crippen molar-refractivity contribution in [3.8, 4) is 0 Å². The van der Waals surface area contributed by atoms with Crippen LogP contribution in [0.4, 0.5) is 5.69 Å². The summed E-state index contributed by atoms with van der Waals surface area (Å²) in [4.78, 5) is 36.3. The molecule has 0 fully saturated rings. The van der Waals surface area contributed by atoms with Gasteiger partial charge in [0.15, 0.2) is 0 Å². The van der Waals surface area contributed by atoms with Gasteiger partial charge in [0, 0.05) is 16.8 Å². The molecule has 0 saturated heterocycles. The number of para-hydroxylation sites is 1. The Hall–Kier alpha value is -2.45. The molecule has 0 radical (unpaired) electrons. The van der Waals surface area contributed by atoms with E-state index >= 15 is 0 Å². The van der Waals surface area contributed by atoms with Gasteiger partial charge in [-0.15, -0.1) is 11.3 Å². The second-order valence-corrected chi connectivity index (χ2v) is 9.69. The highest BCUT2D eigenvalue weighted by Gasteiger charge is 2.17. The number of benzene rings is 1. The Morgan fingerprint density at radius 1 is 1.13 bits per heavy atom. The van der Waals surface area contributed by atoms with Gasteiger partial charge in [-0.25, -0.2) is 9.97 Å². The lowest BCUT2D eigenvalue weighted by molar-refractivity contribution is -0.113. The molecular formula is C22H26N4O2S2. The summed E-state index contributed by atoms with van der Waals surface area (Å²) in [7, 11) is 0. The smallest absolute Gasteiger partial charge is 0.253 e. The molecular weight excluding hydrogens is 416 g/mol. The van der Waals surface area contributed by atoms with Crippen LogP contribution in [0.3, 0.4) is 0 Å². The minimum Gasteiger partial charge on any atom is -0.352 e. The van der Waals surface area contributed by atoms with E-state index in [1.165, 1.54) is 16.6 Å². The van der Waals surface area contributed by atoms with Crippen molar-refractivity contribution in [2.24, 2.45) is 5.92 Å². The van der Waals surface area contributed by atoms with Gasteiger partial charge in [0.25, 0.3) is 5.91 Å². The Bertz CT molecular complexity index is 1090. The molecule has 30 heavy (non-hydrogen) atoms. The van der Waals surface area contributed by atoms with Crippen molar-refractivity contribution >= 4 is 50.8 Å². The summed E-state index contributed by atoms with van der Waals surface area (Å²) in [5, 5.41) is 7.60. The normalized spacial score (nSPS) is 11.1. The lowest BCUT2D eigenvalue weighted by Gasteiger charge is -2.12. The summed E-state index contributed by atoms with van der Waals surface area (Å²) in [6, 6.07) is 7.05. The largest absolute Gasteiger partial charge is 0.352 e. The maximum absolute atomic E-state index is 12.6. The van der Waals surface area contributed by atoms with Gasteiger partial charge in [0.2, 0.25) is 5.91 Å². The molecule has 3 aromatic rings. The third-order valence-electron chi connectivity index (χ3n) is 4.56. The maximum Gasteiger partial charge on any atom is 0.253 e. The molecule has 158 valence electrons. The molecule has 1 aromatic carbocycles. The first-order valence-electron chi connectivity index (χ1n) is 9.80. The highest BCUT2D eigenvalue weighted by atomic mass is 32.2. The van der Waals surface area contributed by atoms with Gasteiger partial charge < -0.3 is 10.6 Å². The number of carbonyl (C=O) groups is 2. The van der Waals surface area contributed by atoms with E-state index in [4.69, 9.17) is 0 Å². The number of nitrogens with one attached hydrogen (secondary N) is 2. The summed E-state index contributed by atoms with van der Waals surface area (Å²) in [5.74, 6) is 0.869. The molecule has 0 saturated carbocycles. The Balaban J connectivity index is 1.72. The van der Waals surface area contributed by atoms with Crippen molar-refractivity contribution in [2.75, 3.05) is 17.6 Å². The van der Waals surface area contributed by atoms with Crippen LogP contribution in [0, 0.1) is 26.7 Å². The average molecular weight is 443 g/mol. The number of carbonyl (C=O) groups excluding carboxylic acids is 2. The molecule has 0 unspecified atom stereocenters. The van der Waals surface area contributed by atoms with Gasteiger partial charge in [0.05, 0.1) is 17.0 Å². The molecule has 2 amide bonds. The standard InChI is InChI=1S/C22H26N4O2S2/c1-12(2)10-23-20(28)16-8-6-7-9-17(16)26-18(27)11-29-21-19-13(3)14(4)30-22(19)25-15(5)24-21/h6-9,12H,10-11H2,1-5H3,(H,23,28)(H,26,27). The number of fused-ring (bicyclic) bond motifs is 1. The molecule has 2 N–H and O–H groups in total. The summed E-state index contributed by atoms with van der Waals surface area (Å²) < 4.78 is 0. The highest BCUT2D eigenvalue weighted by molar-refractivity contribution is 8.00. The Kier molecular flexibility index (Phi) is 7.10. The van der Waals surface area contributed by atoms with Crippen LogP contribution in [-0.2, 0) is 4.79 Å². The van der Waals surface area contributed by atoms with Crippen LogP contribution >= 0.6 is 23.1 Å². The summed E-state index contributed by atoms with van der Waals surface area (Å²) in [6.45, 7) is 10.6. The third-order valence-corrected chi connectivity index (χ3v) is 6.64. The van der Waals surface area contributed by atoms with Crippen LogP contribution in [0.5, 0.6) is 0 Å². The van der Waals surface area contributed by atoms with E-state index in [1.807, 2.05) is 20.8 Å². The van der Waals surface area contributed by atoms with Gasteiger partial charge in [-0.3, -0.25) is 9.59 Å². The van der Waals surface area contributed by atoms with Gasteiger partial charge in [0.1, 0.15) is 15.7 Å². The lowest BCUT2D eigenvalue weighted by Crippen LogP contribution is -2.28. The van der Waals surface area contributed by atoms with Crippen molar-refractivity contribution in [1.29, 1.82) is 0 Å². The number of amides is 2. The minimum atomic E-state index is -0.190. The molecule has 6 nitrogen and oxygen atoms in total. The molecule has 8 heteroatoms. The fraction of sp³-hybridized carbons (Fsp3) is 0.364. The third kappa shape index (κ3) is 5.17. The fourth-order valence-electron chi connectivity index (χ4n) is 2.92. The van der Waals surface area contributed by atoms with Crippen LogP contribution in [0.2, 0.25) is 0 Å². The number of aromatic nitrogens is 2. The van der Waals surface area contributed by atoms with Crippen LogP contribution in [-0.4, -0.2) is 34.1 Å². The predicted octanol–water partition coefficient (Wildman–Crippen LogP) is 4.73. The van der Waals surface area contributed by atoms with E-state index in [0.29, 0.717) is 29.5 Å². The Morgan fingerprint density at radius 3 is 2.60 bits per heavy atom. The molecule has 0 atom stereocenters. The fourth-order valence-corrected chi connectivity index (χ4v) is 4.99. The number of hydrogen-bond donors (Lipinski definition) is 2. The van der Waals surface area contributed by atoms with E-state index in [2.05, 4.69) is 34.4 Å². The molecule has 0 aliphatic heterocycles. The number of rotatable bonds is 7. The van der Waals surface area contributed by atoms with Crippen molar-refractivity contribution in [3.63, 3.8) is 0 Å². The summed E-state index contributed by atoms with van der Waals surface area (Å²) >= 11 is 3.04. The average Bonchev–Trinajstić information content (AvgIpc) is 2.98. The quantitative estimate of drug-likeness (QED) is 0.408. The van der Waals surface area contributed by atoms with Crippen LogP contribution in [0.1, 0.15) is 40.5 Å². The molecule has 0 aliphatic carbocycles. The zero-order valence-electron chi connectivity index (χ0n) is 17.8. The molecule has 2 heterocycles. The SMILES string of the molecule is Cc1nc(SCC(=O)Nc2ccccc2C(=O)NCC(C)C)c2c(C)c(C)sc2n1. The Morgan fingerprint density at radius 2 is 1.87 bits per heavy atom. The van der Waals surface area contributed by atoms with Gasteiger partial charge in [-0.2, -0.15) is 0 Å². The maximum atomic E-state index is 12.6. The van der Waals surface area contributed by atoms with E-state index in [1.54, 1.807) is 35.6 Å². The Labute approximate surface area is 184 Å². The number of aryl methyl sites for hydroxylation is 3. The summed E-state index contributed by atoms with van der Waals surface area (Å²) in [6.07, 6.45) is 0. The number of nitrogens with zero attached hydrogens (tertiary/aromatic N) is 2. The molecule has 3 rings (SSSR count). The van der Waals surface area contributed by atoms with Gasteiger partial charge >= 0.3 is 0 Å². The van der Waals surface area contributed by atoms with Gasteiger partial charge in [-0.1, -0.05) is 37.7 Å². The van der Waals surface area contributed by atoms with Crippen molar-refractivity contribution < 1.29 is 9.59 Å². The molecule has 0 spiro atoms. The monoisotopic (exact) mass is 442 g/mol. The first-order chi connectivity index (χ1) is 14.3. The van der Waals surface area contributed by atoms with E-state index in [-0.39, 0.29) is 17.6 Å². The topological polar surface area (TPSA) is 84.0 Å². The number of hydrogen-bond acceptors (Lipinski definition) is 6. The molecule has 0 bridgehead atoms. The molecule has 0 aliphatic rings. The number of thioether (sulfide) groups is 1. The van der Waals surface area contributed by atoms with Crippen molar-refractivity contribution in [2.45, 2.75) is 39.6 Å². The minimum absolute atomic E-state index is 0.182. The lowest BCUT2D eigenvalue weighted by atomic mass is 10.1. The number of anilines is 1. The first-order valence-corrected chi connectivity index (χ1v) is 11.6. The summed E-state index contributed by atoms with van der Waals surface area (Å²) in [5.41, 5.74) is 2.13. The van der Waals surface area contributed by atoms with E-state index in [0.717, 1.165) is 20.8 Å². The zero-order valence-corrected chi connectivity index (χ0v) is 19.5. The van der Waals surface area contributed by atoms with Crippen LogP contribution in [0.25, 0.3) is 10.2 Å². The van der Waals surface area contributed by atoms with E-state index in [9.17, 15) is 9.59 Å². The second kappa shape index (κ2) is 9.57. The van der Waals surface area contributed by atoms with Crippen LogP contribution < -0.4 is 10.6 Å². The van der Waals surface area contributed by atoms with Crippen LogP contribution in [0.15, 0.2) is 29.3 Å². The highest BCUT2D eigenvalue weighted by Crippen LogP contribution is 2.35.